The van der Waals surface area contributed by atoms with Gasteiger partial charge in [0, 0.05) is 38.4 Å². The number of hydrogen-bond acceptors (Lipinski definition) is 5. The molecule has 7 heteroatoms. The first kappa shape index (κ1) is 18.3. The molecule has 2 N–H and O–H groups in total. The van der Waals surface area contributed by atoms with Gasteiger partial charge in [-0.25, -0.2) is 4.79 Å². The van der Waals surface area contributed by atoms with Gasteiger partial charge in [-0.3, -0.25) is 9.69 Å². The highest BCUT2D eigenvalue weighted by Gasteiger charge is 2.24. The zero-order chi connectivity index (χ0) is 19.7. The molecule has 2 aliphatic rings. The average Bonchev–Trinajstić information content (AvgIpc) is 2.70. The summed E-state index contributed by atoms with van der Waals surface area (Å²) in [6.45, 7) is 6.14. The molecule has 2 aliphatic heterocycles. The number of nitrogens with zero attached hydrogens (tertiary/aromatic N) is 2. The summed E-state index contributed by atoms with van der Waals surface area (Å²) in [5, 5.41) is 11.9. The van der Waals surface area contributed by atoms with Crippen LogP contribution in [0.1, 0.15) is 22.8 Å². The first-order valence-electron chi connectivity index (χ1n) is 9.41. The summed E-state index contributed by atoms with van der Waals surface area (Å²) in [7, 11) is 0. The number of nitrogens with one attached hydrogen (secondary N) is 1. The van der Waals surface area contributed by atoms with Crippen molar-refractivity contribution in [3.05, 3.63) is 53.6 Å². The Kier molecular flexibility index (Phi) is 4.92. The highest BCUT2D eigenvalue weighted by Crippen LogP contribution is 2.31. The second-order valence-electron chi connectivity index (χ2n) is 7.20. The van der Waals surface area contributed by atoms with Crippen LogP contribution in [0.2, 0.25) is 0 Å². The Bertz CT molecular complexity index is 889. The molecule has 0 aromatic heterocycles. The number of carbonyl (C=O) groups excluding carboxylic acids is 1. The SMILES string of the molecule is CC1Oc2ccc(CN3CCN(c4ccc(C(=O)O)cc4)CC3)cc2NC1=O. The van der Waals surface area contributed by atoms with Gasteiger partial charge in [-0.15, -0.1) is 0 Å². The fourth-order valence-electron chi connectivity index (χ4n) is 3.59. The van der Waals surface area contributed by atoms with E-state index in [1.165, 1.54) is 0 Å². The molecule has 0 aliphatic carbocycles. The van der Waals surface area contributed by atoms with Crippen LogP contribution in [-0.2, 0) is 11.3 Å². The Hall–Kier alpha value is -3.06. The van der Waals surface area contributed by atoms with Crippen molar-refractivity contribution in [3.8, 4) is 5.75 Å². The van der Waals surface area contributed by atoms with Gasteiger partial charge in [0.15, 0.2) is 6.10 Å². The number of carboxylic acids is 1. The molecule has 2 aromatic rings. The number of hydrogen-bond donors (Lipinski definition) is 2. The van der Waals surface area contributed by atoms with Gasteiger partial charge in [0.05, 0.1) is 11.3 Å². The third-order valence-corrected chi connectivity index (χ3v) is 5.23. The maximum Gasteiger partial charge on any atom is 0.335 e. The molecule has 0 saturated carbocycles. The van der Waals surface area contributed by atoms with Crippen LogP contribution in [0.15, 0.2) is 42.5 Å². The Morgan fingerprint density at radius 1 is 1.14 bits per heavy atom. The molecule has 1 fully saturated rings. The van der Waals surface area contributed by atoms with Gasteiger partial charge < -0.3 is 20.1 Å². The van der Waals surface area contributed by atoms with Gasteiger partial charge in [-0.2, -0.15) is 0 Å². The molecular weight excluding hydrogens is 358 g/mol. The Labute approximate surface area is 163 Å². The number of rotatable bonds is 4. The molecule has 2 heterocycles. The molecule has 28 heavy (non-hydrogen) atoms. The summed E-state index contributed by atoms with van der Waals surface area (Å²) in [4.78, 5) is 27.4. The first-order valence-corrected chi connectivity index (χ1v) is 9.41. The van der Waals surface area contributed by atoms with Gasteiger partial charge in [0.25, 0.3) is 5.91 Å². The van der Waals surface area contributed by atoms with E-state index in [0.717, 1.165) is 49.7 Å². The van der Waals surface area contributed by atoms with Crippen molar-refractivity contribution in [3.63, 3.8) is 0 Å². The normalized spacial score (nSPS) is 19.5. The van der Waals surface area contributed by atoms with Crippen LogP contribution in [0.3, 0.4) is 0 Å². The molecule has 1 atom stereocenters. The number of piperazine rings is 1. The molecule has 0 spiro atoms. The van der Waals surface area contributed by atoms with E-state index >= 15 is 0 Å². The summed E-state index contributed by atoms with van der Waals surface area (Å²) in [6, 6.07) is 13.0. The van der Waals surface area contributed by atoms with E-state index in [4.69, 9.17) is 9.84 Å². The number of carboxylic acid groups (broad SMARTS) is 1. The smallest absolute Gasteiger partial charge is 0.335 e. The third kappa shape index (κ3) is 3.80. The van der Waals surface area contributed by atoms with E-state index in [0.29, 0.717) is 11.3 Å². The van der Waals surface area contributed by atoms with Gasteiger partial charge in [0.2, 0.25) is 0 Å². The number of anilines is 2. The largest absolute Gasteiger partial charge is 0.479 e. The lowest BCUT2D eigenvalue weighted by Gasteiger charge is -2.36. The first-order chi connectivity index (χ1) is 13.5. The number of benzene rings is 2. The maximum absolute atomic E-state index is 11.8. The van der Waals surface area contributed by atoms with Crippen molar-refractivity contribution < 1.29 is 19.4 Å². The van der Waals surface area contributed by atoms with Crippen LogP contribution in [0, 0.1) is 0 Å². The van der Waals surface area contributed by atoms with Gasteiger partial charge in [-0.1, -0.05) is 6.07 Å². The summed E-state index contributed by atoms with van der Waals surface area (Å²) in [5.74, 6) is -0.310. The Balaban J connectivity index is 1.35. The minimum atomic E-state index is -0.905. The quantitative estimate of drug-likeness (QED) is 0.847. The minimum Gasteiger partial charge on any atom is -0.479 e. The summed E-state index contributed by atoms with van der Waals surface area (Å²) < 4.78 is 5.61. The number of amides is 1. The van der Waals surface area contributed by atoms with Crippen molar-refractivity contribution in [2.24, 2.45) is 0 Å². The average molecular weight is 381 g/mol. The van der Waals surface area contributed by atoms with Crippen LogP contribution in [-0.4, -0.2) is 54.2 Å². The predicted molar refractivity (Wildman–Crippen MR) is 106 cm³/mol. The van der Waals surface area contributed by atoms with E-state index in [1.54, 1.807) is 19.1 Å². The zero-order valence-electron chi connectivity index (χ0n) is 15.7. The molecule has 146 valence electrons. The molecule has 1 saturated heterocycles. The molecular formula is C21H23N3O4. The van der Waals surface area contributed by atoms with Crippen molar-refractivity contribution in [2.45, 2.75) is 19.6 Å². The van der Waals surface area contributed by atoms with Crippen LogP contribution in [0.4, 0.5) is 11.4 Å². The minimum absolute atomic E-state index is 0.118. The monoisotopic (exact) mass is 381 g/mol. The van der Waals surface area contributed by atoms with Gasteiger partial charge in [0.1, 0.15) is 5.75 Å². The Morgan fingerprint density at radius 2 is 1.86 bits per heavy atom. The van der Waals surface area contributed by atoms with E-state index in [-0.39, 0.29) is 5.91 Å². The van der Waals surface area contributed by atoms with Crippen LogP contribution < -0.4 is 15.0 Å². The summed E-state index contributed by atoms with van der Waals surface area (Å²) in [5.41, 5.74) is 3.22. The molecule has 1 unspecified atom stereocenters. The third-order valence-electron chi connectivity index (χ3n) is 5.23. The molecule has 2 aromatic carbocycles. The van der Waals surface area contributed by atoms with E-state index in [2.05, 4.69) is 15.1 Å². The molecule has 1 amide bonds. The fourth-order valence-corrected chi connectivity index (χ4v) is 3.59. The topological polar surface area (TPSA) is 82.1 Å². The molecule has 0 bridgehead atoms. The molecule has 4 rings (SSSR count). The molecule has 0 radical (unpaired) electrons. The summed E-state index contributed by atoms with van der Waals surface area (Å²) in [6.07, 6.45) is -0.462. The fraction of sp³-hybridized carbons (Fsp3) is 0.333. The zero-order valence-corrected chi connectivity index (χ0v) is 15.7. The van der Waals surface area contributed by atoms with Crippen molar-refractivity contribution in [1.29, 1.82) is 0 Å². The maximum atomic E-state index is 11.8. The number of fused-ring (bicyclic) bond motifs is 1. The highest BCUT2D eigenvalue weighted by molar-refractivity contribution is 5.97. The van der Waals surface area contributed by atoms with Crippen LogP contribution >= 0.6 is 0 Å². The highest BCUT2D eigenvalue weighted by atomic mass is 16.5. The van der Waals surface area contributed by atoms with Crippen LogP contribution in [0.25, 0.3) is 0 Å². The van der Waals surface area contributed by atoms with Gasteiger partial charge >= 0.3 is 5.97 Å². The van der Waals surface area contributed by atoms with Crippen molar-refractivity contribution in [2.75, 3.05) is 36.4 Å². The lowest BCUT2D eigenvalue weighted by atomic mass is 10.1. The lowest BCUT2D eigenvalue weighted by molar-refractivity contribution is -0.122. The second-order valence-corrected chi connectivity index (χ2v) is 7.20. The Morgan fingerprint density at radius 3 is 2.54 bits per heavy atom. The predicted octanol–water partition coefficient (Wildman–Crippen LogP) is 2.43. The van der Waals surface area contributed by atoms with E-state index in [9.17, 15) is 9.59 Å². The van der Waals surface area contributed by atoms with E-state index in [1.807, 2.05) is 30.3 Å². The lowest BCUT2D eigenvalue weighted by Crippen LogP contribution is -2.46. The van der Waals surface area contributed by atoms with Crippen molar-refractivity contribution >= 4 is 23.3 Å². The molecule has 7 nitrogen and oxygen atoms in total. The number of aromatic carboxylic acids is 1. The second kappa shape index (κ2) is 7.52. The number of carbonyl (C=O) groups is 2. The van der Waals surface area contributed by atoms with Crippen LogP contribution in [0.5, 0.6) is 5.75 Å². The summed E-state index contributed by atoms with van der Waals surface area (Å²) >= 11 is 0. The van der Waals surface area contributed by atoms with Crippen molar-refractivity contribution in [1.82, 2.24) is 4.90 Å². The van der Waals surface area contributed by atoms with E-state index < -0.39 is 12.1 Å². The standard InChI is InChI=1S/C21H23N3O4/c1-14-20(25)22-18-12-15(2-7-19(18)28-14)13-23-8-10-24(11-9-23)17-5-3-16(4-6-17)21(26)27/h2-7,12,14H,8-11,13H2,1H3,(H,22,25)(H,26,27). The van der Waals surface area contributed by atoms with Gasteiger partial charge in [-0.05, 0) is 48.9 Å². The number of ether oxygens (including phenoxy) is 1.